The highest BCUT2D eigenvalue weighted by molar-refractivity contribution is 8.23. The van der Waals surface area contributed by atoms with Crippen molar-refractivity contribution in [3.05, 3.63) is 96.1 Å². The number of methoxy groups -OCH3 is 1. The van der Waals surface area contributed by atoms with Crippen LogP contribution in [0, 0.1) is 11.8 Å². The maximum absolute atomic E-state index is 14.3. The molecular weight excluding hydrogens is 472 g/mol. The van der Waals surface area contributed by atoms with E-state index in [0.29, 0.717) is 16.7 Å². The molecule has 1 heterocycles. The number of thiocarbonyl (C=S) groups is 1. The third kappa shape index (κ3) is 6.06. The second-order valence-electron chi connectivity index (χ2n) is 9.15. The second-order valence-corrected chi connectivity index (χ2v) is 10.8. The minimum Gasteiger partial charge on any atom is -0.497 e. The molecule has 1 fully saturated rings. The van der Waals surface area contributed by atoms with Crippen molar-refractivity contribution < 1.29 is 9.53 Å². The number of nitrogens with zero attached hydrogens (tertiary/aromatic N) is 1. The molecule has 35 heavy (non-hydrogen) atoms. The first-order valence-electron chi connectivity index (χ1n) is 12.0. The first-order chi connectivity index (χ1) is 17.0. The van der Waals surface area contributed by atoms with Crippen molar-refractivity contribution >= 4 is 39.9 Å². The van der Waals surface area contributed by atoms with Crippen LogP contribution >= 0.6 is 24.0 Å². The Morgan fingerprint density at radius 1 is 1.03 bits per heavy atom. The Labute approximate surface area is 218 Å². The molecule has 4 rings (SSSR count). The molecular formula is C29H32N2O2S2. The van der Waals surface area contributed by atoms with E-state index in [9.17, 15) is 4.79 Å². The zero-order valence-corrected chi connectivity index (χ0v) is 22.0. The molecule has 0 aromatic heterocycles. The average molecular weight is 505 g/mol. The Morgan fingerprint density at radius 3 is 2.26 bits per heavy atom. The van der Waals surface area contributed by atoms with Gasteiger partial charge in [-0.2, -0.15) is 0 Å². The van der Waals surface area contributed by atoms with E-state index in [0.717, 1.165) is 28.3 Å². The topological polar surface area (TPSA) is 41.6 Å². The van der Waals surface area contributed by atoms with E-state index in [-0.39, 0.29) is 23.9 Å². The lowest BCUT2D eigenvalue weighted by atomic mass is 9.85. The number of hydrogen-bond donors (Lipinski definition) is 1. The van der Waals surface area contributed by atoms with Crippen LogP contribution in [0.1, 0.15) is 31.0 Å². The van der Waals surface area contributed by atoms with Gasteiger partial charge in [0, 0.05) is 17.5 Å². The molecule has 0 spiro atoms. The van der Waals surface area contributed by atoms with Gasteiger partial charge in [0.05, 0.1) is 19.1 Å². The van der Waals surface area contributed by atoms with Crippen molar-refractivity contribution in [2.24, 2.45) is 11.8 Å². The molecule has 3 aromatic carbocycles. The number of ether oxygens (including phenoxy) is 1. The molecule has 1 aliphatic heterocycles. The van der Waals surface area contributed by atoms with Gasteiger partial charge in [-0.15, -0.1) is 0 Å². The fourth-order valence-electron chi connectivity index (χ4n) is 4.52. The highest BCUT2D eigenvalue weighted by Gasteiger charge is 2.41. The molecule has 6 heteroatoms. The van der Waals surface area contributed by atoms with Gasteiger partial charge in [-0.1, -0.05) is 98.5 Å². The Hall–Kier alpha value is -2.83. The molecule has 1 N–H and O–H groups in total. The normalized spacial score (nSPS) is 17.3. The van der Waals surface area contributed by atoms with Gasteiger partial charge in [-0.25, -0.2) is 0 Å². The van der Waals surface area contributed by atoms with Crippen LogP contribution in [0.2, 0.25) is 0 Å². The average Bonchev–Trinajstić information content (AvgIpc) is 3.29. The number of amides is 1. The van der Waals surface area contributed by atoms with Gasteiger partial charge < -0.3 is 10.1 Å². The third-order valence-electron chi connectivity index (χ3n) is 6.50. The Balaban J connectivity index is 1.75. The number of carbonyl (C=O) groups excluding carboxylic acids is 1. The first kappa shape index (κ1) is 25.3. The first-order valence-corrected chi connectivity index (χ1v) is 13.4. The molecule has 0 saturated carbocycles. The quantitative estimate of drug-likeness (QED) is 0.333. The summed E-state index contributed by atoms with van der Waals surface area (Å²) >= 11 is 7.30. The molecule has 3 atom stereocenters. The zero-order valence-electron chi connectivity index (χ0n) is 20.4. The maximum Gasteiger partial charge on any atom is 0.234 e. The van der Waals surface area contributed by atoms with Crippen LogP contribution in [-0.2, 0) is 11.2 Å². The number of nitrogens with one attached hydrogen (secondary N) is 1. The summed E-state index contributed by atoms with van der Waals surface area (Å²) in [7, 11) is 1.66. The van der Waals surface area contributed by atoms with Crippen molar-refractivity contribution in [1.29, 1.82) is 0 Å². The van der Waals surface area contributed by atoms with E-state index in [1.54, 1.807) is 18.9 Å². The zero-order chi connectivity index (χ0) is 24.8. The molecule has 182 valence electrons. The molecule has 1 aliphatic rings. The summed E-state index contributed by atoms with van der Waals surface area (Å²) in [6, 6.07) is 28.2. The summed E-state index contributed by atoms with van der Waals surface area (Å²) in [6.45, 7) is 4.33. The number of thioether (sulfide) groups is 1. The summed E-state index contributed by atoms with van der Waals surface area (Å²) in [5.41, 5.74) is 3.13. The van der Waals surface area contributed by atoms with Crippen molar-refractivity contribution in [2.45, 2.75) is 32.4 Å². The van der Waals surface area contributed by atoms with E-state index < -0.39 is 0 Å². The number of rotatable bonds is 9. The minimum atomic E-state index is -0.347. The Bertz CT molecular complexity index is 1120. The van der Waals surface area contributed by atoms with Gasteiger partial charge >= 0.3 is 0 Å². The fourth-order valence-corrected chi connectivity index (χ4v) is 6.16. The van der Waals surface area contributed by atoms with Crippen molar-refractivity contribution in [2.75, 3.05) is 18.2 Å². The predicted octanol–water partition coefficient (Wildman–Crippen LogP) is 6.59. The summed E-state index contributed by atoms with van der Waals surface area (Å²) < 4.78 is 6.02. The van der Waals surface area contributed by atoms with Gasteiger partial charge in [-0.05, 0) is 47.7 Å². The Kier molecular flexibility index (Phi) is 8.47. The second kappa shape index (κ2) is 11.7. The standard InChI is InChI=1S/C29H32N2O2S2/c1-20(2)26-19-35-29(34)31(26)28(32)25(18-21-10-6-4-7-11-21)27(22-12-8-5-9-13-22)30-23-14-16-24(33-3)17-15-23/h4-17,20,25-27,30H,18-19H2,1-3H3/t25-,26-,27-/m1/s1. The van der Waals surface area contributed by atoms with E-state index in [4.69, 9.17) is 17.0 Å². The van der Waals surface area contributed by atoms with Gasteiger partial charge in [0.25, 0.3) is 0 Å². The largest absolute Gasteiger partial charge is 0.497 e. The smallest absolute Gasteiger partial charge is 0.234 e. The van der Waals surface area contributed by atoms with Crippen LogP contribution in [0.5, 0.6) is 5.75 Å². The number of anilines is 1. The summed E-state index contributed by atoms with van der Waals surface area (Å²) in [5.74, 6) is 1.71. The van der Waals surface area contributed by atoms with Gasteiger partial charge in [0.15, 0.2) is 0 Å². The maximum atomic E-state index is 14.3. The highest BCUT2D eigenvalue weighted by Crippen LogP contribution is 2.36. The van der Waals surface area contributed by atoms with Crippen LogP contribution in [0.15, 0.2) is 84.9 Å². The lowest BCUT2D eigenvalue weighted by Gasteiger charge is -2.35. The minimum absolute atomic E-state index is 0.0809. The number of hydrogen-bond acceptors (Lipinski definition) is 5. The lowest BCUT2D eigenvalue weighted by Crippen LogP contribution is -2.47. The SMILES string of the molecule is COc1ccc(N[C@H](c2ccccc2)[C@@H](Cc2ccccc2)C(=O)N2C(=S)SC[C@@H]2C(C)C)cc1. The highest BCUT2D eigenvalue weighted by atomic mass is 32.2. The third-order valence-corrected chi connectivity index (χ3v) is 8.00. The van der Waals surface area contributed by atoms with Gasteiger partial charge in [-0.3, -0.25) is 9.69 Å². The van der Waals surface area contributed by atoms with Gasteiger partial charge in [0.1, 0.15) is 10.1 Å². The summed E-state index contributed by atoms with van der Waals surface area (Å²) in [6.07, 6.45) is 0.608. The molecule has 1 amide bonds. The van der Waals surface area contributed by atoms with E-state index >= 15 is 0 Å². The van der Waals surface area contributed by atoms with E-state index in [2.05, 4.69) is 43.4 Å². The van der Waals surface area contributed by atoms with Crippen LogP contribution < -0.4 is 10.1 Å². The molecule has 0 radical (unpaired) electrons. The van der Waals surface area contributed by atoms with Crippen molar-refractivity contribution in [3.8, 4) is 5.75 Å². The Morgan fingerprint density at radius 2 is 1.66 bits per heavy atom. The van der Waals surface area contributed by atoms with E-state index in [1.807, 2.05) is 65.6 Å². The summed E-state index contributed by atoms with van der Waals surface area (Å²) in [4.78, 5) is 16.2. The van der Waals surface area contributed by atoms with Crippen LogP contribution in [-0.4, -0.2) is 34.0 Å². The van der Waals surface area contributed by atoms with E-state index in [1.165, 1.54) is 0 Å². The molecule has 3 aromatic rings. The molecule has 1 saturated heterocycles. The van der Waals surface area contributed by atoms with Crippen molar-refractivity contribution in [3.63, 3.8) is 0 Å². The number of carbonyl (C=O) groups is 1. The van der Waals surface area contributed by atoms with Crippen LogP contribution in [0.25, 0.3) is 0 Å². The van der Waals surface area contributed by atoms with Gasteiger partial charge in [0.2, 0.25) is 5.91 Å². The van der Waals surface area contributed by atoms with Crippen molar-refractivity contribution in [1.82, 2.24) is 4.90 Å². The fraction of sp³-hybridized carbons (Fsp3) is 0.310. The van der Waals surface area contributed by atoms with Crippen LogP contribution in [0.4, 0.5) is 5.69 Å². The van der Waals surface area contributed by atoms with Crippen LogP contribution in [0.3, 0.4) is 0 Å². The lowest BCUT2D eigenvalue weighted by molar-refractivity contribution is -0.133. The molecule has 0 unspecified atom stereocenters. The molecule has 4 nitrogen and oxygen atoms in total. The predicted molar refractivity (Wildman–Crippen MR) is 150 cm³/mol. The molecule has 0 bridgehead atoms. The molecule has 0 aliphatic carbocycles. The summed E-state index contributed by atoms with van der Waals surface area (Å²) in [5, 5.41) is 3.68. The number of benzene rings is 3. The monoisotopic (exact) mass is 504 g/mol.